The number of carbonyl (C=O) groups excluding carboxylic acids is 1. The standard InChI is InChI=1S/C14H15N3OS/c15-10-5-2-1-4-9(10)8-13(18)17-14-16-11-6-3-7-12(11)19-14/h1-2,4-5H,3,6-8,15H2,(H,16,17,18). The molecule has 0 unspecified atom stereocenters. The molecule has 0 bridgehead atoms. The molecule has 1 heterocycles. The van der Waals surface area contributed by atoms with Crippen molar-refractivity contribution in [1.82, 2.24) is 4.98 Å². The zero-order valence-corrected chi connectivity index (χ0v) is 11.3. The first-order chi connectivity index (χ1) is 9.22. The van der Waals surface area contributed by atoms with E-state index in [0.29, 0.717) is 10.8 Å². The van der Waals surface area contributed by atoms with Crippen molar-refractivity contribution in [3.8, 4) is 0 Å². The van der Waals surface area contributed by atoms with Gasteiger partial charge in [-0.15, -0.1) is 11.3 Å². The van der Waals surface area contributed by atoms with Gasteiger partial charge in [0.25, 0.3) is 0 Å². The maximum atomic E-state index is 12.0. The SMILES string of the molecule is Nc1ccccc1CC(=O)Nc1nc2c(s1)CCC2. The molecule has 5 heteroatoms. The van der Waals surface area contributed by atoms with E-state index in [1.807, 2.05) is 18.2 Å². The number of nitrogen functional groups attached to an aromatic ring is 1. The number of aromatic nitrogens is 1. The summed E-state index contributed by atoms with van der Waals surface area (Å²) in [4.78, 5) is 17.7. The van der Waals surface area contributed by atoms with Gasteiger partial charge in [-0.3, -0.25) is 4.79 Å². The topological polar surface area (TPSA) is 68.0 Å². The summed E-state index contributed by atoms with van der Waals surface area (Å²) in [7, 11) is 0. The van der Waals surface area contributed by atoms with Crippen LogP contribution in [0.5, 0.6) is 0 Å². The highest BCUT2D eigenvalue weighted by molar-refractivity contribution is 7.15. The lowest BCUT2D eigenvalue weighted by atomic mass is 10.1. The number of nitrogens with zero attached hydrogens (tertiary/aromatic N) is 1. The summed E-state index contributed by atoms with van der Waals surface area (Å²) in [5.74, 6) is -0.0645. The molecule has 98 valence electrons. The van der Waals surface area contributed by atoms with Crippen molar-refractivity contribution < 1.29 is 4.79 Å². The normalized spacial score (nSPS) is 13.3. The van der Waals surface area contributed by atoms with Gasteiger partial charge in [-0.1, -0.05) is 18.2 Å². The Morgan fingerprint density at radius 2 is 2.21 bits per heavy atom. The Hall–Kier alpha value is -1.88. The lowest BCUT2D eigenvalue weighted by Crippen LogP contribution is -2.15. The molecule has 3 N–H and O–H groups in total. The number of carbonyl (C=O) groups is 1. The monoisotopic (exact) mass is 273 g/mol. The number of aryl methyl sites for hydroxylation is 2. The Morgan fingerprint density at radius 1 is 1.37 bits per heavy atom. The average molecular weight is 273 g/mol. The van der Waals surface area contributed by atoms with E-state index in [1.54, 1.807) is 17.4 Å². The van der Waals surface area contributed by atoms with Crippen LogP contribution < -0.4 is 11.1 Å². The number of thiazole rings is 1. The predicted molar refractivity (Wildman–Crippen MR) is 77.3 cm³/mol. The van der Waals surface area contributed by atoms with Gasteiger partial charge in [-0.05, 0) is 30.9 Å². The fourth-order valence-corrected chi connectivity index (χ4v) is 3.34. The summed E-state index contributed by atoms with van der Waals surface area (Å²) in [6, 6.07) is 7.43. The minimum atomic E-state index is -0.0645. The van der Waals surface area contributed by atoms with Gasteiger partial charge < -0.3 is 11.1 Å². The van der Waals surface area contributed by atoms with Crippen molar-refractivity contribution in [2.75, 3.05) is 11.1 Å². The van der Waals surface area contributed by atoms with Crippen LogP contribution in [0.1, 0.15) is 22.6 Å². The van der Waals surface area contributed by atoms with Crippen LogP contribution in [0, 0.1) is 0 Å². The number of hydrogen-bond donors (Lipinski definition) is 2. The molecular formula is C14H15N3OS. The highest BCUT2D eigenvalue weighted by Crippen LogP contribution is 2.30. The molecule has 0 radical (unpaired) electrons. The molecule has 19 heavy (non-hydrogen) atoms. The van der Waals surface area contributed by atoms with Crippen LogP contribution in [0.2, 0.25) is 0 Å². The first-order valence-corrected chi connectivity index (χ1v) is 7.16. The number of para-hydroxylation sites is 1. The highest BCUT2D eigenvalue weighted by Gasteiger charge is 2.17. The van der Waals surface area contributed by atoms with Gasteiger partial charge in [0.15, 0.2) is 5.13 Å². The van der Waals surface area contributed by atoms with E-state index in [-0.39, 0.29) is 12.3 Å². The van der Waals surface area contributed by atoms with Crippen LogP contribution in [0.15, 0.2) is 24.3 Å². The Kier molecular flexibility index (Phi) is 3.21. The van der Waals surface area contributed by atoms with Gasteiger partial charge >= 0.3 is 0 Å². The Labute approximate surface area is 115 Å². The second kappa shape index (κ2) is 5.01. The van der Waals surface area contributed by atoms with E-state index in [0.717, 1.165) is 24.1 Å². The van der Waals surface area contributed by atoms with Gasteiger partial charge in [0.05, 0.1) is 12.1 Å². The van der Waals surface area contributed by atoms with E-state index in [9.17, 15) is 4.79 Å². The summed E-state index contributed by atoms with van der Waals surface area (Å²) in [6.07, 6.45) is 3.60. The van der Waals surface area contributed by atoms with E-state index < -0.39 is 0 Å². The van der Waals surface area contributed by atoms with Crippen molar-refractivity contribution in [2.24, 2.45) is 0 Å². The van der Waals surface area contributed by atoms with E-state index >= 15 is 0 Å². The Morgan fingerprint density at radius 3 is 3.00 bits per heavy atom. The molecule has 0 atom stereocenters. The second-order valence-corrected chi connectivity index (χ2v) is 5.75. The Balaban J connectivity index is 1.66. The molecule has 0 saturated heterocycles. The lowest BCUT2D eigenvalue weighted by molar-refractivity contribution is -0.115. The largest absolute Gasteiger partial charge is 0.398 e. The van der Waals surface area contributed by atoms with E-state index in [4.69, 9.17) is 5.73 Å². The van der Waals surface area contributed by atoms with Gasteiger partial charge in [-0.25, -0.2) is 4.98 Å². The van der Waals surface area contributed by atoms with Crippen molar-refractivity contribution in [3.63, 3.8) is 0 Å². The number of fused-ring (bicyclic) bond motifs is 1. The molecule has 1 aromatic carbocycles. The quantitative estimate of drug-likeness (QED) is 0.844. The summed E-state index contributed by atoms with van der Waals surface area (Å²) in [5, 5.41) is 3.57. The minimum absolute atomic E-state index is 0.0645. The summed E-state index contributed by atoms with van der Waals surface area (Å²) >= 11 is 1.59. The van der Waals surface area contributed by atoms with Gasteiger partial charge in [0.1, 0.15) is 0 Å². The molecule has 3 rings (SSSR count). The molecule has 0 saturated carbocycles. The second-order valence-electron chi connectivity index (χ2n) is 4.67. The third kappa shape index (κ3) is 2.61. The zero-order valence-electron chi connectivity index (χ0n) is 10.5. The van der Waals surface area contributed by atoms with Gasteiger partial charge in [0.2, 0.25) is 5.91 Å². The highest BCUT2D eigenvalue weighted by atomic mass is 32.1. The van der Waals surface area contributed by atoms with Crippen LogP contribution >= 0.6 is 11.3 Å². The third-order valence-electron chi connectivity index (χ3n) is 3.25. The molecule has 0 aliphatic heterocycles. The number of nitrogens with two attached hydrogens (primary N) is 1. The molecular weight excluding hydrogens is 258 g/mol. The number of anilines is 2. The zero-order chi connectivity index (χ0) is 13.2. The smallest absolute Gasteiger partial charge is 0.230 e. The van der Waals surface area contributed by atoms with E-state index in [2.05, 4.69) is 10.3 Å². The van der Waals surface area contributed by atoms with Crippen molar-refractivity contribution in [2.45, 2.75) is 25.7 Å². The number of hydrogen-bond acceptors (Lipinski definition) is 4. The van der Waals surface area contributed by atoms with Gasteiger partial charge in [0, 0.05) is 10.6 Å². The fourth-order valence-electron chi connectivity index (χ4n) is 2.28. The van der Waals surface area contributed by atoms with Crippen LogP contribution in [-0.2, 0) is 24.1 Å². The van der Waals surface area contributed by atoms with Crippen LogP contribution in [-0.4, -0.2) is 10.9 Å². The minimum Gasteiger partial charge on any atom is -0.398 e. The van der Waals surface area contributed by atoms with Crippen LogP contribution in [0.25, 0.3) is 0 Å². The molecule has 1 amide bonds. The molecule has 0 fully saturated rings. The summed E-state index contributed by atoms with van der Waals surface area (Å²) in [6.45, 7) is 0. The van der Waals surface area contributed by atoms with Gasteiger partial charge in [-0.2, -0.15) is 0 Å². The molecule has 0 spiro atoms. The summed E-state index contributed by atoms with van der Waals surface area (Å²) < 4.78 is 0. The van der Waals surface area contributed by atoms with E-state index in [1.165, 1.54) is 11.3 Å². The van der Waals surface area contributed by atoms with Crippen molar-refractivity contribution in [1.29, 1.82) is 0 Å². The molecule has 2 aromatic rings. The third-order valence-corrected chi connectivity index (χ3v) is 4.32. The molecule has 4 nitrogen and oxygen atoms in total. The maximum absolute atomic E-state index is 12.0. The maximum Gasteiger partial charge on any atom is 0.230 e. The predicted octanol–water partition coefficient (Wildman–Crippen LogP) is 2.40. The van der Waals surface area contributed by atoms with Crippen LogP contribution in [0.3, 0.4) is 0 Å². The summed E-state index contributed by atoms with van der Waals surface area (Å²) in [5.41, 5.74) is 8.48. The number of amides is 1. The Bertz CT molecular complexity index is 599. The average Bonchev–Trinajstić information content (AvgIpc) is 2.92. The first-order valence-electron chi connectivity index (χ1n) is 6.34. The van der Waals surface area contributed by atoms with Crippen molar-refractivity contribution in [3.05, 3.63) is 40.4 Å². The molecule has 1 aromatic heterocycles. The fraction of sp³-hybridized carbons (Fsp3) is 0.286. The number of rotatable bonds is 3. The van der Waals surface area contributed by atoms with Crippen molar-refractivity contribution >= 4 is 28.1 Å². The van der Waals surface area contributed by atoms with Crippen LogP contribution in [0.4, 0.5) is 10.8 Å². The molecule has 1 aliphatic carbocycles. The first kappa shape index (κ1) is 12.2. The number of nitrogens with one attached hydrogen (secondary N) is 1. The number of benzene rings is 1. The lowest BCUT2D eigenvalue weighted by Gasteiger charge is -2.04. The molecule has 1 aliphatic rings.